The summed E-state index contributed by atoms with van der Waals surface area (Å²) >= 11 is 0. The predicted octanol–water partition coefficient (Wildman–Crippen LogP) is 3.11. The third-order valence-corrected chi connectivity index (χ3v) is 6.70. The molecule has 1 heterocycles. The van der Waals surface area contributed by atoms with Crippen molar-refractivity contribution >= 4 is 21.8 Å². The second-order valence-corrected chi connectivity index (χ2v) is 9.28. The standard InChI is InChI=1S/C22H25FN2O5S/c1-3-4-14-30-18-8-10-19(11-9-18)31(28,29)24-21(27)22(2)12-13-25(22)20(26)16-6-5-7-17(23)15-16/h5-11,15H,3-4,12-14H2,1-2H3,(H,24,27). The fraction of sp³-hybridized carbons (Fsp3) is 0.364. The molecule has 0 saturated carbocycles. The van der Waals surface area contributed by atoms with Crippen molar-refractivity contribution in [2.75, 3.05) is 13.2 Å². The summed E-state index contributed by atoms with van der Waals surface area (Å²) < 4.78 is 46.4. The van der Waals surface area contributed by atoms with E-state index in [-0.39, 0.29) is 17.0 Å². The number of halogens is 1. The van der Waals surface area contributed by atoms with Crippen molar-refractivity contribution < 1.29 is 27.1 Å². The molecule has 1 unspecified atom stereocenters. The minimum absolute atomic E-state index is 0.0883. The molecule has 2 aromatic carbocycles. The second kappa shape index (κ2) is 9.05. The van der Waals surface area contributed by atoms with Gasteiger partial charge in [0.05, 0.1) is 11.5 Å². The summed E-state index contributed by atoms with van der Waals surface area (Å²) in [4.78, 5) is 26.7. The topological polar surface area (TPSA) is 92.8 Å². The maximum Gasteiger partial charge on any atom is 0.264 e. The van der Waals surface area contributed by atoms with Gasteiger partial charge in [0, 0.05) is 12.1 Å². The first-order valence-corrected chi connectivity index (χ1v) is 11.5. The molecule has 31 heavy (non-hydrogen) atoms. The molecule has 1 saturated heterocycles. The molecule has 1 N–H and O–H groups in total. The van der Waals surface area contributed by atoms with E-state index in [1.807, 2.05) is 6.92 Å². The lowest BCUT2D eigenvalue weighted by atomic mass is 9.85. The molecular weight excluding hydrogens is 423 g/mol. The van der Waals surface area contributed by atoms with E-state index >= 15 is 0 Å². The predicted molar refractivity (Wildman–Crippen MR) is 113 cm³/mol. The fourth-order valence-electron chi connectivity index (χ4n) is 3.24. The van der Waals surface area contributed by atoms with E-state index in [2.05, 4.69) is 4.72 Å². The molecule has 1 fully saturated rings. The Morgan fingerprint density at radius 2 is 1.90 bits per heavy atom. The number of unbranched alkanes of at least 4 members (excludes halogenated alkanes) is 1. The largest absolute Gasteiger partial charge is 0.494 e. The normalized spacial score (nSPS) is 18.2. The number of sulfonamides is 1. The van der Waals surface area contributed by atoms with Crippen molar-refractivity contribution in [2.24, 2.45) is 0 Å². The number of nitrogens with zero attached hydrogens (tertiary/aromatic N) is 1. The average molecular weight is 449 g/mol. The quantitative estimate of drug-likeness (QED) is 0.627. The van der Waals surface area contributed by atoms with E-state index in [0.717, 1.165) is 18.9 Å². The van der Waals surface area contributed by atoms with Crippen LogP contribution in [0.15, 0.2) is 53.4 Å². The number of amides is 2. The van der Waals surface area contributed by atoms with Crippen LogP contribution in [0.2, 0.25) is 0 Å². The van der Waals surface area contributed by atoms with Gasteiger partial charge in [0.2, 0.25) is 0 Å². The van der Waals surface area contributed by atoms with Gasteiger partial charge < -0.3 is 9.64 Å². The minimum atomic E-state index is -4.13. The van der Waals surface area contributed by atoms with Crippen molar-refractivity contribution in [3.63, 3.8) is 0 Å². The molecule has 0 aromatic heterocycles. The molecule has 7 nitrogen and oxygen atoms in total. The monoisotopic (exact) mass is 448 g/mol. The average Bonchev–Trinajstić information content (AvgIpc) is 2.72. The Hall–Kier alpha value is -2.94. The van der Waals surface area contributed by atoms with Crippen molar-refractivity contribution in [2.45, 2.75) is 43.5 Å². The number of rotatable bonds is 8. The lowest BCUT2D eigenvalue weighted by Gasteiger charge is -2.48. The second-order valence-electron chi connectivity index (χ2n) is 7.60. The number of benzene rings is 2. The zero-order valence-electron chi connectivity index (χ0n) is 17.4. The van der Waals surface area contributed by atoms with Gasteiger partial charge in [-0.15, -0.1) is 0 Å². The highest BCUT2D eigenvalue weighted by molar-refractivity contribution is 7.90. The molecule has 1 aliphatic heterocycles. The molecule has 2 amide bonds. The number of likely N-dealkylation sites (tertiary alicyclic amines) is 1. The number of nitrogens with one attached hydrogen (secondary N) is 1. The SMILES string of the molecule is CCCCOc1ccc(S(=O)(=O)NC(=O)C2(C)CCN2C(=O)c2cccc(F)c2)cc1. The zero-order valence-corrected chi connectivity index (χ0v) is 18.2. The Balaban J connectivity index is 1.70. The van der Waals surface area contributed by atoms with E-state index in [1.165, 1.54) is 54.3 Å². The summed E-state index contributed by atoms with van der Waals surface area (Å²) in [5.74, 6) is -1.38. The van der Waals surface area contributed by atoms with Gasteiger partial charge in [0.25, 0.3) is 21.8 Å². The Morgan fingerprint density at radius 3 is 2.48 bits per heavy atom. The van der Waals surface area contributed by atoms with Crippen LogP contribution < -0.4 is 9.46 Å². The Morgan fingerprint density at radius 1 is 1.19 bits per heavy atom. The number of hydrogen-bond acceptors (Lipinski definition) is 5. The van der Waals surface area contributed by atoms with Crippen molar-refractivity contribution in [3.8, 4) is 5.75 Å². The van der Waals surface area contributed by atoms with Gasteiger partial charge in [0.1, 0.15) is 17.1 Å². The Labute approximate surface area is 181 Å². The van der Waals surface area contributed by atoms with Crippen LogP contribution >= 0.6 is 0 Å². The smallest absolute Gasteiger partial charge is 0.264 e. The van der Waals surface area contributed by atoms with Gasteiger partial charge >= 0.3 is 0 Å². The molecule has 0 bridgehead atoms. The van der Waals surface area contributed by atoms with Gasteiger partial charge in [-0.05, 0) is 62.2 Å². The van der Waals surface area contributed by atoms with Crippen LogP contribution in [0.1, 0.15) is 43.5 Å². The summed E-state index contributed by atoms with van der Waals surface area (Å²) in [6, 6.07) is 10.9. The molecule has 0 radical (unpaired) electrons. The minimum Gasteiger partial charge on any atom is -0.494 e. The molecule has 166 valence electrons. The third-order valence-electron chi connectivity index (χ3n) is 5.35. The lowest BCUT2D eigenvalue weighted by Crippen LogP contribution is -2.67. The van der Waals surface area contributed by atoms with E-state index in [1.54, 1.807) is 0 Å². The van der Waals surface area contributed by atoms with E-state index in [4.69, 9.17) is 4.74 Å². The zero-order chi connectivity index (χ0) is 22.6. The van der Waals surface area contributed by atoms with Crippen LogP contribution in [0.5, 0.6) is 5.75 Å². The molecule has 1 atom stereocenters. The maximum absolute atomic E-state index is 13.5. The number of carbonyl (C=O) groups excluding carboxylic acids is 2. The number of hydrogen-bond donors (Lipinski definition) is 1. The lowest BCUT2D eigenvalue weighted by molar-refractivity contribution is -0.135. The van der Waals surface area contributed by atoms with Crippen molar-refractivity contribution in [1.82, 2.24) is 9.62 Å². The third kappa shape index (κ3) is 4.87. The van der Waals surface area contributed by atoms with Crippen LogP contribution in [0.4, 0.5) is 4.39 Å². The molecular formula is C22H25FN2O5S. The molecule has 3 rings (SSSR count). The van der Waals surface area contributed by atoms with Crippen LogP contribution in [0, 0.1) is 5.82 Å². The van der Waals surface area contributed by atoms with Crippen molar-refractivity contribution in [3.05, 3.63) is 59.9 Å². The molecule has 9 heteroatoms. The molecule has 0 aliphatic carbocycles. The maximum atomic E-state index is 13.5. The fourth-order valence-corrected chi connectivity index (χ4v) is 4.31. The molecule has 0 spiro atoms. The van der Waals surface area contributed by atoms with Crippen molar-refractivity contribution in [1.29, 1.82) is 0 Å². The van der Waals surface area contributed by atoms with Crippen LogP contribution in [0.25, 0.3) is 0 Å². The first-order valence-electron chi connectivity index (χ1n) is 10.0. The van der Waals surface area contributed by atoms with Gasteiger partial charge in [-0.1, -0.05) is 19.4 Å². The van der Waals surface area contributed by atoms with Crippen LogP contribution in [0.3, 0.4) is 0 Å². The summed E-state index contributed by atoms with van der Waals surface area (Å²) in [7, 11) is -4.13. The molecule has 1 aliphatic rings. The highest BCUT2D eigenvalue weighted by atomic mass is 32.2. The van der Waals surface area contributed by atoms with E-state index in [9.17, 15) is 22.4 Å². The van der Waals surface area contributed by atoms with Gasteiger partial charge in [0.15, 0.2) is 0 Å². The molecule has 2 aromatic rings. The van der Waals surface area contributed by atoms with Gasteiger partial charge in [-0.3, -0.25) is 9.59 Å². The first kappa shape index (κ1) is 22.7. The Bertz CT molecular complexity index is 1070. The van der Waals surface area contributed by atoms with E-state index in [0.29, 0.717) is 18.8 Å². The number of carbonyl (C=O) groups is 2. The summed E-state index contributed by atoms with van der Waals surface area (Å²) in [5, 5.41) is 0. The van der Waals surface area contributed by atoms with E-state index < -0.39 is 33.2 Å². The first-order chi connectivity index (χ1) is 14.7. The highest BCUT2D eigenvalue weighted by Crippen LogP contribution is 2.33. The summed E-state index contributed by atoms with van der Waals surface area (Å²) in [6.45, 7) is 4.33. The van der Waals surface area contributed by atoms with Crippen LogP contribution in [-0.4, -0.2) is 43.8 Å². The number of ether oxygens (including phenoxy) is 1. The highest BCUT2D eigenvalue weighted by Gasteiger charge is 2.50. The Kier molecular flexibility index (Phi) is 6.64. The summed E-state index contributed by atoms with van der Waals surface area (Å²) in [6.07, 6.45) is 2.16. The van der Waals surface area contributed by atoms with Gasteiger partial charge in [-0.2, -0.15) is 0 Å². The van der Waals surface area contributed by atoms with Crippen LogP contribution in [-0.2, 0) is 14.8 Å². The van der Waals surface area contributed by atoms with Gasteiger partial charge in [-0.25, -0.2) is 17.5 Å². The summed E-state index contributed by atoms with van der Waals surface area (Å²) in [5.41, 5.74) is -1.25.